The quantitative estimate of drug-likeness (QED) is 0.207. The molecule has 8 N–H and O–H groups in total. The van der Waals surface area contributed by atoms with E-state index in [4.69, 9.17) is 26.2 Å². The molecule has 130 valence electrons. The van der Waals surface area contributed by atoms with Crippen LogP contribution in [0.15, 0.2) is 0 Å². The Hall–Kier alpha value is -2.73. The van der Waals surface area contributed by atoms with E-state index in [0.717, 1.165) is 0 Å². The average Bonchev–Trinajstić information content (AvgIpc) is 2.41. The number of carbonyl (C=O) groups excluding carboxylic acids is 2. The molecular weight excluding hydrogens is 318 g/mol. The molecule has 12 heteroatoms. The minimum atomic E-state index is -1.69. The summed E-state index contributed by atoms with van der Waals surface area (Å²) in [4.78, 5) is 55.3. The maximum Gasteiger partial charge on any atom is 0.328 e. The van der Waals surface area contributed by atoms with Crippen molar-refractivity contribution in [2.75, 3.05) is 6.61 Å². The van der Waals surface area contributed by atoms with E-state index in [2.05, 4.69) is 0 Å². The summed E-state index contributed by atoms with van der Waals surface area (Å²) in [7, 11) is 0. The van der Waals surface area contributed by atoms with E-state index in [1.54, 1.807) is 0 Å². The van der Waals surface area contributed by atoms with Crippen molar-refractivity contribution in [1.29, 1.82) is 0 Å². The highest BCUT2D eigenvalue weighted by Crippen LogP contribution is 1.98. The number of aliphatic carboxylic acids is 3. The van der Waals surface area contributed by atoms with E-state index in [9.17, 15) is 24.0 Å². The Labute approximate surface area is 129 Å². The number of aliphatic hydroxyl groups is 1. The van der Waals surface area contributed by atoms with Crippen LogP contribution in [0.3, 0.4) is 0 Å². The van der Waals surface area contributed by atoms with Crippen LogP contribution in [-0.4, -0.2) is 74.9 Å². The Kier molecular flexibility index (Phi) is 8.21. The van der Waals surface area contributed by atoms with Crippen molar-refractivity contribution in [3.8, 4) is 0 Å². The van der Waals surface area contributed by atoms with Crippen molar-refractivity contribution in [1.82, 2.24) is 10.6 Å². The van der Waals surface area contributed by atoms with Gasteiger partial charge < -0.3 is 36.8 Å². The zero-order valence-electron chi connectivity index (χ0n) is 11.8. The maximum atomic E-state index is 11.8. The molecule has 0 unspecified atom stereocenters. The zero-order valence-corrected chi connectivity index (χ0v) is 11.8. The standard InChI is InChI=1S/C11H17N3O9/c12-4(1-7(16)17)9(20)13-5(2-8(18)19)10(21)14-6(3-15)11(22)23/h4-6,15H,1-3,12H2,(H,13,20)(H,14,21)(H,16,17)(H,18,19)(H,22,23)/t4-,5-,6-/m0/s1. The van der Waals surface area contributed by atoms with E-state index in [0.29, 0.717) is 0 Å². The number of hydrogen-bond donors (Lipinski definition) is 7. The third kappa shape index (κ3) is 7.73. The predicted octanol–water partition coefficient (Wildman–Crippen LogP) is -3.69. The minimum Gasteiger partial charge on any atom is -0.481 e. The van der Waals surface area contributed by atoms with Gasteiger partial charge >= 0.3 is 17.9 Å². The van der Waals surface area contributed by atoms with Crippen molar-refractivity contribution in [3.05, 3.63) is 0 Å². The van der Waals surface area contributed by atoms with Crippen LogP contribution in [0.4, 0.5) is 0 Å². The lowest BCUT2D eigenvalue weighted by atomic mass is 10.1. The number of carboxylic acid groups (broad SMARTS) is 3. The van der Waals surface area contributed by atoms with E-state index in [1.165, 1.54) is 0 Å². The van der Waals surface area contributed by atoms with Crippen molar-refractivity contribution in [2.45, 2.75) is 31.0 Å². The van der Waals surface area contributed by atoms with Gasteiger partial charge in [-0.05, 0) is 0 Å². The molecular formula is C11H17N3O9. The highest BCUT2D eigenvalue weighted by Gasteiger charge is 2.29. The first-order chi connectivity index (χ1) is 10.6. The lowest BCUT2D eigenvalue weighted by Gasteiger charge is -2.20. The molecule has 0 aromatic carbocycles. The summed E-state index contributed by atoms with van der Waals surface area (Å²) in [5, 5.41) is 38.5. The topological polar surface area (TPSA) is 216 Å². The van der Waals surface area contributed by atoms with Crippen molar-refractivity contribution in [3.63, 3.8) is 0 Å². The first kappa shape index (κ1) is 20.3. The lowest BCUT2D eigenvalue weighted by Crippen LogP contribution is -2.55. The van der Waals surface area contributed by atoms with Gasteiger partial charge in [-0.3, -0.25) is 19.2 Å². The van der Waals surface area contributed by atoms with Crippen LogP contribution in [0, 0.1) is 0 Å². The molecule has 0 radical (unpaired) electrons. The van der Waals surface area contributed by atoms with Crippen LogP contribution < -0.4 is 16.4 Å². The van der Waals surface area contributed by atoms with Gasteiger partial charge in [-0.15, -0.1) is 0 Å². The number of amides is 2. The number of carbonyl (C=O) groups is 5. The SMILES string of the molecule is N[C@@H](CC(=O)O)C(=O)N[C@@H](CC(=O)O)C(=O)N[C@@H](CO)C(=O)O. The van der Waals surface area contributed by atoms with Crippen LogP contribution in [0.2, 0.25) is 0 Å². The monoisotopic (exact) mass is 335 g/mol. The molecule has 0 bridgehead atoms. The van der Waals surface area contributed by atoms with Crippen molar-refractivity contribution < 1.29 is 44.4 Å². The van der Waals surface area contributed by atoms with E-state index < -0.39 is 67.3 Å². The van der Waals surface area contributed by atoms with Gasteiger partial charge in [0, 0.05) is 0 Å². The van der Waals surface area contributed by atoms with E-state index in [-0.39, 0.29) is 0 Å². The number of aliphatic hydroxyl groups excluding tert-OH is 1. The summed E-state index contributed by atoms with van der Waals surface area (Å²) in [6.45, 7) is -0.951. The number of rotatable bonds is 10. The molecule has 0 saturated heterocycles. The first-order valence-corrected chi connectivity index (χ1v) is 6.22. The summed E-state index contributed by atoms with van der Waals surface area (Å²) in [5.41, 5.74) is 5.27. The van der Waals surface area contributed by atoms with Gasteiger partial charge in [0.25, 0.3) is 0 Å². The third-order valence-electron chi connectivity index (χ3n) is 2.54. The highest BCUT2D eigenvalue weighted by atomic mass is 16.4. The smallest absolute Gasteiger partial charge is 0.328 e. The second-order valence-corrected chi connectivity index (χ2v) is 4.45. The van der Waals surface area contributed by atoms with Gasteiger partial charge in [-0.25, -0.2) is 4.79 Å². The summed E-state index contributed by atoms with van der Waals surface area (Å²) < 4.78 is 0. The molecule has 0 spiro atoms. The summed E-state index contributed by atoms with van der Waals surface area (Å²) in [5.74, 6) is -6.69. The van der Waals surface area contributed by atoms with Crippen molar-refractivity contribution in [2.24, 2.45) is 5.73 Å². The van der Waals surface area contributed by atoms with Crippen LogP contribution >= 0.6 is 0 Å². The second kappa shape index (κ2) is 9.32. The number of nitrogens with one attached hydrogen (secondary N) is 2. The molecule has 0 aliphatic heterocycles. The van der Waals surface area contributed by atoms with Gasteiger partial charge in [0.1, 0.15) is 12.1 Å². The second-order valence-electron chi connectivity index (χ2n) is 4.45. The molecule has 0 heterocycles. The average molecular weight is 335 g/mol. The van der Waals surface area contributed by atoms with Gasteiger partial charge in [0.05, 0.1) is 25.5 Å². The molecule has 23 heavy (non-hydrogen) atoms. The van der Waals surface area contributed by atoms with Crippen LogP contribution in [0.25, 0.3) is 0 Å². The molecule has 2 amide bonds. The minimum absolute atomic E-state index is 0.748. The number of hydrogen-bond acceptors (Lipinski definition) is 7. The van der Waals surface area contributed by atoms with Gasteiger partial charge in [-0.1, -0.05) is 0 Å². The molecule has 3 atom stereocenters. The molecule has 0 saturated carbocycles. The van der Waals surface area contributed by atoms with E-state index >= 15 is 0 Å². The lowest BCUT2D eigenvalue weighted by molar-refractivity contribution is -0.145. The number of nitrogens with two attached hydrogens (primary N) is 1. The fourth-order valence-corrected chi connectivity index (χ4v) is 1.40. The van der Waals surface area contributed by atoms with Crippen LogP contribution in [0.1, 0.15) is 12.8 Å². The molecule has 0 fully saturated rings. The first-order valence-electron chi connectivity index (χ1n) is 6.22. The summed E-state index contributed by atoms with van der Waals surface area (Å²) in [6.07, 6.45) is -1.64. The molecule has 12 nitrogen and oxygen atoms in total. The Morgan fingerprint density at radius 2 is 1.30 bits per heavy atom. The van der Waals surface area contributed by atoms with Gasteiger partial charge in [0.15, 0.2) is 0 Å². The molecule has 0 aliphatic carbocycles. The van der Waals surface area contributed by atoms with Gasteiger partial charge in [-0.2, -0.15) is 0 Å². The van der Waals surface area contributed by atoms with Crippen LogP contribution in [-0.2, 0) is 24.0 Å². The Morgan fingerprint density at radius 1 is 0.826 bits per heavy atom. The zero-order chi connectivity index (χ0) is 18.2. The third-order valence-corrected chi connectivity index (χ3v) is 2.54. The number of carboxylic acids is 3. The normalized spacial score (nSPS) is 14.2. The maximum absolute atomic E-state index is 11.8. The molecule has 0 aromatic heterocycles. The largest absolute Gasteiger partial charge is 0.481 e. The van der Waals surface area contributed by atoms with Crippen LogP contribution in [0.5, 0.6) is 0 Å². The van der Waals surface area contributed by atoms with E-state index in [1.807, 2.05) is 10.6 Å². The summed E-state index contributed by atoms with van der Waals surface area (Å²) in [6, 6.07) is -4.90. The van der Waals surface area contributed by atoms with Crippen molar-refractivity contribution >= 4 is 29.7 Å². The molecule has 0 aliphatic rings. The molecule has 0 rings (SSSR count). The fraction of sp³-hybridized carbons (Fsp3) is 0.545. The Morgan fingerprint density at radius 3 is 1.70 bits per heavy atom. The Bertz CT molecular complexity index is 493. The Balaban J connectivity index is 4.96. The molecule has 0 aromatic rings. The summed E-state index contributed by atoms with van der Waals surface area (Å²) >= 11 is 0. The van der Waals surface area contributed by atoms with Gasteiger partial charge in [0.2, 0.25) is 11.8 Å². The fourth-order valence-electron chi connectivity index (χ4n) is 1.40. The highest BCUT2D eigenvalue weighted by molar-refractivity contribution is 5.94. The predicted molar refractivity (Wildman–Crippen MR) is 71.1 cm³/mol.